The van der Waals surface area contributed by atoms with Gasteiger partial charge in [0.15, 0.2) is 0 Å². The smallest absolute Gasteiger partial charge is 0.303 e. The molecule has 0 aromatic heterocycles. The molecule has 0 aliphatic rings. The molecule has 0 saturated carbocycles. The number of nitrogens with zero attached hydrogens (tertiary/aromatic N) is 1. The van der Waals surface area contributed by atoms with Crippen molar-refractivity contribution in [2.45, 2.75) is 51.4 Å². The highest BCUT2D eigenvalue weighted by Gasteiger charge is 2.01. The first kappa shape index (κ1) is 17.9. The van der Waals surface area contributed by atoms with Crippen LogP contribution in [-0.2, 0) is 9.59 Å². The molecule has 0 aliphatic carbocycles. The van der Waals surface area contributed by atoms with E-state index in [4.69, 9.17) is 5.11 Å². The minimum atomic E-state index is -0.714. The van der Waals surface area contributed by atoms with Crippen molar-refractivity contribution in [3.05, 3.63) is 0 Å². The molecule has 0 bridgehead atoms. The van der Waals surface area contributed by atoms with Crippen LogP contribution in [0.2, 0.25) is 0 Å². The Balaban J connectivity index is 3.20. The Labute approximate surface area is 116 Å². The summed E-state index contributed by atoms with van der Waals surface area (Å²) in [5.41, 5.74) is 0. The molecule has 0 aliphatic heterocycles. The zero-order chi connectivity index (χ0) is 14.5. The molecule has 5 heteroatoms. The SMILES string of the molecule is CN(C)CCNC(=O)CCCCCCCCC(=O)O. The zero-order valence-electron chi connectivity index (χ0n) is 12.3. The van der Waals surface area contributed by atoms with E-state index in [9.17, 15) is 9.59 Å². The molecule has 0 heterocycles. The number of rotatable bonds is 12. The van der Waals surface area contributed by atoms with Gasteiger partial charge in [-0.3, -0.25) is 9.59 Å². The van der Waals surface area contributed by atoms with Crippen LogP contribution in [0.4, 0.5) is 0 Å². The first-order chi connectivity index (χ1) is 9.02. The van der Waals surface area contributed by atoms with Gasteiger partial charge in [0.1, 0.15) is 0 Å². The highest BCUT2D eigenvalue weighted by Crippen LogP contribution is 2.08. The average molecular weight is 272 g/mol. The summed E-state index contributed by atoms with van der Waals surface area (Å²) in [5, 5.41) is 11.4. The molecule has 0 aromatic rings. The minimum Gasteiger partial charge on any atom is -0.481 e. The summed E-state index contributed by atoms with van der Waals surface area (Å²) in [6.45, 7) is 1.58. The molecule has 0 saturated heterocycles. The highest BCUT2D eigenvalue weighted by atomic mass is 16.4. The van der Waals surface area contributed by atoms with Gasteiger partial charge in [-0.25, -0.2) is 0 Å². The van der Waals surface area contributed by atoms with Gasteiger partial charge in [0.05, 0.1) is 0 Å². The number of nitrogens with one attached hydrogen (secondary N) is 1. The summed E-state index contributed by atoms with van der Waals surface area (Å²) in [5.74, 6) is -0.581. The second-order valence-electron chi connectivity index (χ2n) is 5.17. The number of carbonyl (C=O) groups is 2. The maximum Gasteiger partial charge on any atom is 0.303 e. The van der Waals surface area contributed by atoms with Crippen molar-refractivity contribution < 1.29 is 14.7 Å². The van der Waals surface area contributed by atoms with E-state index in [0.717, 1.165) is 45.1 Å². The third kappa shape index (κ3) is 14.8. The van der Waals surface area contributed by atoms with E-state index in [1.54, 1.807) is 0 Å². The van der Waals surface area contributed by atoms with Gasteiger partial charge in [-0.1, -0.05) is 25.7 Å². The number of aliphatic carboxylic acids is 1. The predicted molar refractivity (Wildman–Crippen MR) is 76.1 cm³/mol. The second kappa shape index (κ2) is 12.0. The van der Waals surface area contributed by atoms with E-state index >= 15 is 0 Å². The third-order valence-corrected chi connectivity index (χ3v) is 2.93. The van der Waals surface area contributed by atoms with Crippen LogP contribution in [0.15, 0.2) is 0 Å². The fraction of sp³-hybridized carbons (Fsp3) is 0.857. The summed E-state index contributed by atoms with van der Waals surface area (Å²) in [7, 11) is 3.97. The molecule has 112 valence electrons. The van der Waals surface area contributed by atoms with E-state index in [-0.39, 0.29) is 12.3 Å². The maximum atomic E-state index is 11.4. The Kier molecular flexibility index (Phi) is 11.3. The normalized spacial score (nSPS) is 10.7. The molecule has 0 radical (unpaired) electrons. The van der Waals surface area contributed by atoms with E-state index in [0.29, 0.717) is 13.0 Å². The van der Waals surface area contributed by atoms with Gasteiger partial charge in [-0.15, -0.1) is 0 Å². The molecule has 0 fully saturated rings. The number of hydrogen-bond acceptors (Lipinski definition) is 3. The predicted octanol–water partition coefficient (Wildman–Crippen LogP) is 1.87. The van der Waals surface area contributed by atoms with E-state index < -0.39 is 5.97 Å². The van der Waals surface area contributed by atoms with Crippen LogP contribution < -0.4 is 5.32 Å². The number of likely N-dealkylation sites (N-methyl/N-ethyl adjacent to an activating group) is 1. The number of unbranched alkanes of at least 4 members (excludes halogenated alkanes) is 5. The molecular weight excluding hydrogens is 244 g/mol. The maximum absolute atomic E-state index is 11.4. The molecule has 5 nitrogen and oxygen atoms in total. The molecule has 19 heavy (non-hydrogen) atoms. The number of carboxylic acids is 1. The molecule has 0 atom stereocenters. The van der Waals surface area contributed by atoms with Gasteiger partial charge in [0.2, 0.25) is 5.91 Å². The zero-order valence-corrected chi connectivity index (χ0v) is 12.3. The van der Waals surface area contributed by atoms with Crippen LogP contribution >= 0.6 is 0 Å². The quantitative estimate of drug-likeness (QED) is 0.532. The summed E-state index contributed by atoms with van der Waals surface area (Å²) < 4.78 is 0. The molecule has 0 spiro atoms. The van der Waals surface area contributed by atoms with Crippen molar-refractivity contribution in [3.8, 4) is 0 Å². The summed E-state index contributed by atoms with van der Waals surface area (Å²) in [6, 6.07) is 0. The van der Waals surface area contributed by atoms with Crippen LogP contribution in [0, 0.1) is 0 Å². The monoisotopic (exact) mass is 272 g/mol. The number of carboxylic acid groups (broad SMARTS) is 1. The first-order valence-corrected chi connectivity index (χ1v) is 7.15. The van der Waals surface area contributed by atoms with Crippen LogP contribution in [0.25, 0.3) is 0 Å². The Bertz CT molecular complexity index is 255. The fourth-order valence-electron chi connectivity index (χ4n) is 1.78. The van der Waals surface area contributed by atoms with Crippen molar-refractivity contribution in [3.63, 3.8) is 0 Å². The minimum absolute atomic E-state index is 0.132. The van der Waals surface area contributed by atoms with Gasteiger partial charge in [-0.05, 0) is 26.9 Å². The molecule has 0 aromatic carbocycles. The van der Waals surface area contributed by atoms with Crippen LogP contribution in [0.3, 0.4) is 0 Å². The van der Waals surface area contributed by atoms with Crippen molar-refractivity contribution in [1.82, 2.24) is 10.2 Å². The third-order valence-electron chi connectivity index (χ3n) is 2.93. The number of amides is 1. The van der Waals surface area contributed by atoms with Crippen molar-refractivity contribution >= 4 is 11.9 Å². The lowest BCUT2D eigenvalue weighted by atomic mass is 10.1. The van der Waals surface area contributed by atoms with Crippen LogP contribution in [0.1, 0.15) is 51.4 Å². The van der Waals surface area contributed by atoms with E-state index in [1.807, 2.05) is 19.0 Å². The molecular formula is C14H28N2O3. The van der Waals surface area contributed by atoms with Gasteiger partial charge in [0.25, 0.3) is 0 Å². The Morgan fingerprint density at radius 2 is 1.47 bits per heavy atom. The van der Waals surface area contributed by atoms with Crippen molar-refractivity contribution in [2.24, 2.45) is 0 Å². The number of carbonyl (C=O) groups excluding carboxylic acids is 1. The fourth-order valence-corrected chi connectivity index (χ4v) is 1.78. The molecule has 2 N–H and O–H groups in total. The summed E-state index contributed by atoms with van der Waals surface area (Å²) in [6.07, 6.45) is 6.74. The lowest BCUT2D eigenvalue weighted by Gasteiger charge is -2.10. The Morgan fingerprint density at radius 3 is 2.00 bits per heavy atom. The van der Waals surface area contributed by atoms with Gasteiger partial charge >= 0.3 is 5.97 Å². The number of hydrogen-bond donors (Lipinski definition) is 2. The largest absolute Gasteiger partial charge is 0.481 e. The van der Waals surface area contributed by atoms with Crippen molar-refractivity contribution in [2.75, 3.05) is 27.2 Å². The van der Waals surface area contributed by atoms with E-state index in [1.165, 1.54) is 0 Å². The summed E-state index contributed by atoms with van der Waals surface area (Å²) >= 11 is 0. The second-order valence-corrected chi connectivity index (χ2v) is 5.17. The van der Waals surface area contributed by atoms with Gasteiger partial charge in [-0.2, -0.15) is 0 Å². The average Bonchev–Trinajstić information content (AvgIpc) is 2.31. The Morgan fingerprint density at radius 1 is 0.947 bits per heavy atom. The lowest BCUT2D eigenvalue weighted by molar-refractivity contribution is -0.137. The lowest BCUT2D eigenvalue weighted by Crippen LogP contribution is -2.31. The summed E-state index contributed by atoms with van der Waals surface area (Å²) in [4.78, 5) is 23.8. The van der Waals surface area contributed by atoms with Crippen LogP contribution in [-0.4, -0.2) is 49.1 Å². The highest BCUT2D eigenvalue weighted by molar-refractivity contribution is 5.75. The van der Waals surface area contributed by atoms with Gasteiger partial charge in [0, 0.05) is 25.9 Å². The molecule has 1 amide bonds. The first-order valence-electron chi connectivity index (χ1n) is 7.15. The topological polar surface area (TPSA) is 69.6 Å². The molecule has 0 rings (SSSR count). The van der Waals surface area contributed by atoms with E-state index in [2.05, 4.69) is 5.32 Å². The van der Waals surface area contributed by atoms with Crippen molar-refractivity contribution in [1.29, 1.82) is 0 Å². The van der Waals surface area contributed by atoms with Gasteiger partial charge < -0.3 is 15.3 Å². The molecule has 0 unspecified atom stereocenters. The standard InChI is InChI=1S/C14H28N2O3/c1-16(2)12-11-15-13(17)9-7-5-3-4-6-8-10-14(18)19/h3-12H2,1-2H3,(H,15,17)(H,18,19). The Hall–Kier alpha value is -1.10. The van der Waals surface area contributed by atoms with Crippen LogP contribution in [0.5, 0.6) is 0 Å².